The predicted octanol–water partition coefficient (Wildman–Crippen LogP) is 0.397. The number of hydrogen-bond acceptors (Lipinski definition) is 7. The van der Waals surface area contributed by atoms with Crippen LogP contribution >= 0.6 is 0 Å². The standard InChI is InChI=1S/C25H30N6O5S/c1-29-22-20(21(28-29)23(33)27-13-18-4-2-17(12-26)3-5-18)7-10-30(24(22)34)16-25(8-9-25)37(35,36)31-11-6-19(14-31)15-32/h2-5,19,32H,6-11,13-16H2,1H3,(H,27,33)/t19-/m1/s1. The van der Waals surface area contributed by atoms with Crippen molar-refractivity contribution in [2.75, 3.05) is 32.8 Å². The molecule has 3 aliphatic rings. The van der Waals surface area contributed by atoms with E-state index in [0.717, 1.165) is 5.56 Å². The number of fused-ring (bicyclic) bond motifs is 1. The van der Waals surface area contributed by atoms with Crippen molar-refractivity contribution in [3.05, 3.63) is 52.3 Å². The number of aliphatic hydroxyl groups excluding tert-OH is 1. The molecule has 2 fully saturated rings. The van der Waals surface area contributed by atoms with E-state index < -0.39 is 20.7 Å². The topological polar surface area (TPSA) is 149 Å². The van der Waals surface area contributed by atoms with Crippen molar-refractivity contribution in [3.63, 3.8) is 0 Å². The van der Waals surface area contributed by atoms with Crippen LogP contribution in [0.15, 0.2) is 24.3 Å². The summed E-state index contributed by atoms with van der Waals surface area (Å²) in [6, 6.07) is 8.94. The van der Waals surface area contributed by atoms with Crippen LogP contribution in [0.5, 0.6) is 0 Å². The van der Waals surface area contributed by atoms with Crippen molar-refractivity contribution in [1.29, 1.82) is 5.26 Å². The second kappa shape index (κ2) is 9.55. The summed E-state index contributed by atoms with van der Waals surface area (Å²) in [6.07, 6.45) is 2.05. The summed E-state index contributed by atoms with van der Waals surface area (Å²) in [6.45, 7) is 1.36. The van der Waals surface area contributed by atoms with Gasteiger partial charge in [-0.25, -0.2) is 12.7 Å². The number of benzene rings is 1. The Hall–Kier alpha value is -3.27. The number of aryl methyl sites for hydroxylation is 1. The molecule has 2 aromatic rings. The lowest BCUT2D eigenvalue weighted by molar-refractivity contribution is 0.0723. The number of carbonyl (C=O) groups excluding carboxylic acids is 2. The quantitative estimate of drug-likeness (QED) is 0.506. The van der Waals surface area contributed by atoms with Gasteiger partial charge in [-0.2, -0.15) is 10.4 Å². The number of nitrogens with zero attached hydrogens (tertiary/aromatic N) is 5. The van der Waals surface area contributed by atoms with E-state index in [1.165, 1.54) is 8.99 Å². The monoisotopic (exact) mass is 526 g/mol. The summed E-state index contributed by atoms with van der Waals surface area (Å²) >= 11 is 0. The van der Waals surface area contributed by atoms with Crippen molar-refractivity contribution < 1.29 is 23.1 Å². The van der Waals surface area contributed by atoms with Crippen LogP contribution in [0.3, 0.4) is 0 Å². The van der Waals surface area contributed by atoms with Gasteiger partial charge in [0, 0.05) is 51.9 Å². The summed E-state index contributed by atoms with van der Waals surface area (Å²) in [5.41, 5.74) is 2.44. The molecule has 1 saturated carbocycles. The molecule has 0 spiro atoms. The molecule has 37 heavy (non-hydrogen) atoms. The first kappa shape index (κ1) is 25.4. The number of aliphatic hydroxyl groups is 1. The molecule has 1 atom stereocenters. The third-order valence-electron chi connectivity index (χ3n) is 7.70. The van der Waals surface area contributed by atoms with E-state index in [9.17, 15) is 23.1 Å². The number of hydrogen-bond donors (Lipinski definition) is 2. The molecule has 12 heteroatoms. The molecule has 1 saturated heterocycles. The Labute approximate surface area is 215 Å². The highest BCUT2D eigenvalue weighted by atomic mass is 32.2. The van der Waals surface area contributed by atoms with Crippen molar-refractivity contribution in [2.45, 2.75) is 37.0 Å². The highest BCUT2D eigenvalue weighted by Crippen LogP contribution is 2.47. The lowest BCUT2D eigenvalue weighted by Gasteiger charge is -2.32. The molecule has 1 aromatic carbocycles. The van der Waals surface area contributed by atoms with Crippen LogP contribution < -0.4 is 5.32 Å². The van der Waals surface area contributed by atoms with E-state index in [-0.39, 0.29) is 37.2 Å². The molecule has 3 heterocycles. The second-order valence-corrected chi connectivity index (χ2v) is 12.5. The fourth-order valence-corrected chi connectivity index (χ4v) is 7.53. The molecular weight excluding hydrogens is 496 g/mol. The first-order valence-electron chi connectivity index (χ1n) is 12.4. The van der Waals surface area contributed by atoms with E-state index in [2.05, 4.69) is 16.5 Å². The molecule has 1 aromatic heterocycles. The van der Waals surface area contributed by atoms with Gasteiger partial charge >= 0.3 is 0 Å². The van der Waals surface area contributed by atoms with Crippen LogP contribution in [0.1, 0.15) is 56.9 Å². The highest BCUT2D eigenvalue weighted by molar-refractivity contribution is 7.90. The van der Waals surface area contributed by atoms with Crippen molar-refractivity contribution in [2.24, 2.45) is 13.0 Å². The first-order valence-corrected chi connectivity index (χ1v) is 13.9. The average molecular weight is 527 g/mol. The summed E-state index contributed by atoms with van der Waals surface area (Å²) in [5.74, 6) is -0.754. The molecule has 2 amide bonds. The maximum Gasteiger partial charge on any atom is 0.272 e. The number of rotatable bonds is 8. The van der Waals surface area contributed by atoms with Gasteiger partial charge in [-0.05, 0) is 49.3 Å². The van der Waals surface area contributed by atoms with E-state index in [1.54, 1.807) is 36.2 Å². The molecule has 0 radical (unpaired) electrons. The summed E-state index contributed by atoms with van der Waals surface area (Å²) in [7, 11) is -1.99. The van der Waals surface area contributed by atoms with Gasteiger partial charge in [-0.15, -0.1) is 0 Å². The Bertz CT molecular complexity index is 1370. The first-order chi connectivity index (χ1) is 17.7. The minimum atomic E-state index is -3.60. The van der Waals surface area contributed by atoms with Gasteiger partial charge in [0.25, 0.3) is 11.8 Å². The van der Waals surface area contributed by atoms with Crippen molar-refractivity contribution in [3.8, 4) is 6.07 Å². The number of nitriles is 1. The fourth-order valence-electron chi connectivity index (χ4n) is 5.29. The van der Waals surface area contributed by atoms with E-state index in [1.807, 2.05) is 0 Å². The van der Waals surface area contributed by atoms with Gasteiger partial charge in [-0.3, -0.25) is 14.3 Å². The van der Waals surface area contributed by atoms with Gasteiger partial charge in [0.05, 0.1) is 11.6 Å². The summed E-state index contributed by atoms with van der Waals surface area (Å²) < 4.78 is 28.7. The Morgan fingerprint density at radius 1 is 1.27 bits per heavy atom. The maximum absolute atomic E-state index is 13.4. The number of carbonyl (C=O) groups is 2. The van der Waals surface area contributed by atoms with Crippen LogP contribution in [0.25, 0.3) is 0 Å². The van der Waals surface area contributed by atoms with Gasteiger partial charge in [0.2, 0.25) is 10.0 Å². The molecular formula is C25H30N6O5S. The number of aromatic nitrogens is 2. The second-order valence-electron chi connectivity index (χ2n) is 10.2. The van der Waals surface area contributed by atoms with Gasteiger partial charge in [0.1, 0.15) is 10.4 Å². The minimum absolute atomic E-state index is 0.0315. The zero-order valence-corrected chi connectivity index (χ0v) is 21.5. The lowest BCUT2D eigenvalue weighted by Crippen LogP contribution is -2.49. The molecule has 11 nitrogen and oxygen atoms in total. The van der Waals surface area contributed by atoms with Crippen LogP contribution in [-0.4, -0.2) is 81.9 Å². The normalized spacial score (nSPS) is 20.9. The molecule has 196 valence electrons. The largest absolute Gasteiger partial charge is 0.396 e. The average Bonchev–Trinajstić information content (AvgIpc) is 3.38. The predicted molar refractivity (Wildman–Crippen MR) is 133 cm³/mol. The molecule has 0 unspecified atom stereocenters. The zero-order chi connectivity index (χ0) is 26.4. The van der Waals surface area contributed by atoms with E-state index in [0.29, 0.717) is 62.1 Å². The lowest BCUT2D eigenvalue weighted by atomic mass is 10.0. The summed E-state index contributed by atoms with van der Waals surface area (Å²) in [4.78, 5) is 27.9. The molecule has 2 aliphatic heterocycles. The van der Waals surface area contributed by atoms with Crippen LogP contribution in [-0.2, 0) is 30.0 Å². The Kier molecular flexibility index (Phi) is 6.55. The van der Waals surface area contributed by atoms with Gasteiger partial charge < -0.3 is 15.3 Å². The molecule has 2 N–H and O–H groups in total. The van der Waals surface area contributed by atoms with Gasteiger partial charge in [0.15, 0.2) is 5.69 Å². The summed E-state index contributed by atoms with van der Waals surface area (Å²) in [5, 5.41) is 25.5. The van der Waals surface area contributed by atoms with Crippen molar-refractivity contribution in [1.82, 2.24) is 24.3 Å². The number of amides is 2. The van der Waals surface area contributed by atoms with Gasteiger partial charge in [-0.1, -0.05) is 12.1 Å². The third-order valence-corrected chi connectivity index (χ3v) is 10.3. The fraction of sp³-hybridized carbons (Fsp3) is 0.520. The minimum Gasteiger partial charge on any atom is -0.396 e. The van der Waals surface area contributed by atoms with Crippen LogP contribution in [0, 0.1) is 17.2 Å². The molecule has 5 rings (SSSR count). The van der Waals surface area contributed by atoms with Crippen molar-refractivity contribution >= 4 is 21.8 Å². The molecule has 1 aliphatic carbocycles. The Balaban J connectivity index is 1.28. The number of nitrogens with one attached hydrogen (secondary N) is 1. The van der Waals surface area contributed by atoms with E-state index in [4.69, 9.17) is 5.26 Å². The zero-order valence-electron chi connectivity index (χ0n) is 20.7. The Morgan fingerprint density at radius 3 is 2.62 bits per heavy atom. The van der Waals surface area contributed by atoms with Crippen LogP contribution in [0.4, 0.5) is 0 Å². The van der Waals surface area contributed by atoms with Crippen LogP contribution in [0.2, 0.25) is 0 Å². The molecule has 0 bridgehead atoms. The Morgan fingerprint density at radius 2 is 2.00 bits per heavy atom. The SMILES string of the molecule is Cn1nc(C(=O)NCc2ccc(C#N)cc2)c2c1C(=O)N(CC1(S(=O)(=O)N3CC[C@@H](CO)C3)CC1)CC2. The maximum atomic E-state index is 13.4. The highest BCUT2D eigenvalue weighted by Gasteiger charge is 2.59. The van der Waals surface area contributed by atoms with E-state index >= 15 is 0 Å². The number of sulfonamides is 1. The third kappa shape index (κ3) is 4.52. The smallest absolute Gasteiger partial charge is 0.272 e.